The van der Waals surface area contributed by atoms with E-state index in [-0.39, 0.29) is 41.9 Å². The highest BCUT2D eigenvalue weighted by atomic mass is 19.4. The number of nitro groups is 1. The average Bonchev–Trinajstić information content (AvgIpc) is 3.51. The molecule has 0 saturated carbocycles. The fraction of sp³-hybridized carbons (Fsp3) is 0.240. The van der Waals surface area contributed by atoms with Crippen molar-refractivity contribution in [3.05, 3.63) is 81.7 Å². The maximum Gasteiger partial charge on any atom is 0.433 e. The van der Waals surface area contributed by atoms with Crippen molar-refractivity contribution in [2.24, 2.45) is 0 Å². The number of halogens is 4. The van der Waals surface area contributed by atoms with Crippen LogP contribution < -0.4 is 4.90 Å². The third-order valence-corrected chi connectivity index (χ3v) is 7.64. The van der Waals surface area contributed by atoms with Crippen LogP contribution in [-0.2, 0) is 11.0 Å². The fourth-order valence-electron chi connectivity index (χ4n) is 5.97. The SMILES string of the molecule is O=C(c1ccc(F)c(C(F)(F)F)c1)C1CN2CC3C(=O)N(c4ccc([N+](=O)[O-])c5ccccc45)C(=O)[N+]13C2. The molecule has 3 aliphatic heterocycles. The molecule has 0 aromatic heterocycles. The Bertz CT molecular complexity index is 1590. The normalized spacial score (nSPS) is 26.3. The second kappa shape index (κ2) is 7.88. The Labute approximate surface area is 211 Å². The summed E-state index contributed by atoms with van der Waals surface area (Å²) in [5.74, 6) is -2.94. The molecule has 3 fully saturated rings. The highest BCUT2D eigenvalue weighted by Crippen LogP contribution is 2.46. The van der Waals surface area contributed by atoms with Crippen molar-refractivity contribution in [2.75, 3.05) is 24.7 Å². The summed E-state index contributed by atoms with van der Waals surface area (Å²) in [7, 11) is 0. The van der Waals surface area contributed by atoms with Crippen LogP contribution in [0.25, 0.3) is 10.8 Å². The second-order valence-corrected chi connectivity index (χ2v) is 9.56. The molecule has 4 atom stereocenters. The average molecular weight is 529 g/mol. The van der Waals surface area contributed by atoms with E-state index in [1.165, 1.54) is 24.3 Å². The third kappa shape index (κ3) is 3.15. The Kier molecular flexibility index (Phi) is 5.01. The van der Waals surface area contributed by atoms with Gasteiger partial charge in [-0.2, -0.15) is 18.1 Å². The molecule has 1 spiro atoms. The van der Waals surface area contributed by atoms with Gasteiger partial charge in [0.1, 0.15) is 12.5 Å². The summed E-state index contributed by atoms with van der Waals surface area (Å²) in [5.41, 5.74) is -2.11. The number of nitrogens with zero attached hydrogens (tertiary/aromatic N) is 4. The van der Waals surface area contributed by atoms with Gasteiger partial charge in [-0.15, -0.1) is 0 Å². The van der Waals surface area contributed by atoms with Crippen LogP contribution >= 0.6 is 0 Å². The van der Waals surface area contributed by atoms with E-state index in [2.05, 4.69) is 0 Å². The molecule has 6 rings (SSSR count). The van der Waals surface area contributed by atoms with Crippen LogP contribution in [0.3, 0.4) is 0 Å². The first-order valence-corrected chi connectivity index (χ1v) is 11.5. The third-order valence-electron chi connectivity index (χ3n) is 7.64. The lowest BCUT2D eigenvalue weighted by Gasteiger charge is -2.33. The first kappa shape index (κ1) is 24.1. The molecule has 0 aliphatic carbocycles. The number of alkyl halides is 3. The number of hydrogen-bond acceptors (Lipinski definition) is 6. The number of non-ortho nitro benzene ring substituents is 1. The van der Waals surface area contributed by atoms with Gasteiger partial charge in [0, 0.05) is 17.0 Å². The molecule has 9 nitrogen and oxygen atoms in total. The lowest BCUT2D eigenvalue weighted by molar-refractivity contribution is -0.852. The van der Waals surface area contributed by atoms with Gasteiger partial charge in [-0.3, -0.25) is 19.7 Å². The fourth-order valence-corrected chi connectivity index (χ4v) is 5.97. The smallest absolute Gasteiger partial charge is 0.287 e. The monoisotopic (exact) mass is 529 g/mol. The standard InChI is InChI=1S/C25H17F4N4O5/c26-17-6-5-13(9-16(17)25(27,28)29)22(34)20-10-30-11-21-23(35)31(24(36)33(20,21)12-30)18-7-8-19(32(37)38)15-4-2-1-3-14(15)18/h1-9,20-21H,10-12H2/q+1. The van der Waals surface area contributed by atoms with Gasteiger partial charge in [-0.05, 0) is 30.3 Å². The zero-order valence-corrected chi connectivity index (χ0v) is 19.3. The number of imide groups is 1. The van der Waals surface area contributed by atoms with Gasteiger partial charge in [0.05, 0.1) is 34.6 Å². The van der Waals surface area contributed by atoms with Crippen LogP contribution in [0.4, 0.5) is 33.7 Å². The summed E-state index contributed by atoms with van der Waals surface area (Å²) in [5, 5.41) is 12.0. The summed E-state index contributed by atoms with van der Waals surface area (Å²) in [6.45, 7) is 0.190. The van der Waals surface area contributed by atoms with E-state index >= 15 is 0 Å². The lowest BCUT2D eigenvalue weighted by Crippen LogP contribution is -2.62. The Hall–Kier alpha value is -4.23. The zero-order chi connectivity index (χ0) is 27.1. The molecule has 38 heavy (non-hydrogen) atoms. The number of Topliss-reactive ketones (excluding diaryl/α,β-unsaturated/α-hetero) is 1. The number of amides is 3. The molecule has 2 bridgehead atoms. The number of benzene rings is 3. The number of quaternary nitrogens is 1. The lowest BCUT2D eigenvalue weighted by atomic mass is 9.97. The van der Waals surface area contributed by atoms with E-state index in [9.17, 15) is 42.1 Å². The number of rotatable bonds is 4. The van der Waals surface area contributed by atoms with Crippen LogP contribution in [0.2, 0.25) is 0 Å². The van der Waals surface area contributed by atoms with E-state index in [1.807, 2.05) is 0 Å². The minimum Gasteiger partial charge on any atom is -0.287 e. The number of piperazine rings is 1. The molecule has 3 aromatic rings. The molecule has 194 valence electrons. The van der Waals surface area contributed by atoms with Crippen LogP contribution in [0.5, 0.6) is 0 Å². The zero-order valence-electron chi connectivity index (χ0n) is 19.3. The Morgan fingerprint density at radius 3 is 2.42 bits per heavy atom. The van der Waals surface area contributed by atoms with Gasteiger partial charge >= 0.3 is 12.2 Å². The van der Waals surface area contributed by atoms with E-state index in [1.54, 1.807) is 17.0 Å². The predicted molar refractivity (Wildman–Crippen MR) is 123 cm³/mol. The topological polar surface area (TPSA) is 101 Å². The van der Waals surface area contributed by atoms with E-state index in [4.69, 9.17) is 0 Å². The molecule has 0 N–H and O–H groups in total. The maximum absolute atomic E-state index is 14.0. The quantitative estimate of drug-likeness (QED) is 0.126. The van der Waals surface area contributed by atoms with Gasteiger partial charge in [-0.1, -0.05) is 18.2 Å². The van der Waals surface area contributed by atoms with Crippen molar-refractivity contribution in [1.82, 2.24) is 4.90 Å². The van der Waals surface area contributed by atoms with Gasteiger partial charge in [0.15, 0.2) is 12.1 Å². The van der Waals surface area contributed by atoms with Crippen LogP contribution in [0.1, 0.15) is 15.9 Å². The molecule has 0 radical (unpaired) electrons. The Balaban J connectivity index is 1.44. The number of anilines is 1. The molecule has 3 saturated heterocycles. The number of urea groups is 1. The summed E-state index contributed by atoms with van der Waals surface area (Å²) in [4.78, 5) is 54.7. The van der Waals surface area contributed by atoms with Crippen molar-refractivity contribution in [1.29, 1.82) is 0 Å². The van der Waals surface area contributed by atoms with Crippen molar-refractivity contribution < 1.29 is 41.4 Å². The number of nitro benzene ring substituents is 1. The first-order valence-electron chi connectivity index (χ1n) is 11.5. The summed E-state index contributed by atoms with van der Waals surface area (Å²) in [6, 6.07) is 7.72. The predicted octanol–water partition coefficient (Wildman–Crippen LogP) is 4.10. The molecular weight excluding hydrogens is 512 g/mol. The van der Waals surface area contributed by atoms with Gasteiger partial charge in [0.25, 0.3) is 11.6 Å². The van der Waals surface area contributed by atoms with Gasteiger partial charge in [0.2, 0.25) is 5.78 Å². The van der Waals surface area contributed by atoms with Gasteiger partial charge < -0.3 is 0 Å². The summed E-state index contributed by atoms with van der Waals surface area (Å²) in [6.07, 6.45) is -5.03. The van der Waals surface area contributed by atoms with Crippen molar-refractivity contribution in [3.8, 4) is 0 Å². The molecule has 3 aliphatic rings. The number of carbonyl (C=O) groups excluding carboxylic acids is 3. The van der Waals surface area contributed by atoms with Crippen molar-refractivity contribution in [2.45, 2.75) is 18.3 Å². The van der Waals surface area contributed by atoms with E-state index in [0.29, 0.717) is 12.1 Å². The minimum absolute atomic E-state index is 0.000380. The van der Waals surface area contributed by atoms with E-state index < -0.39 is 62.3 Å². The molecule has 3 amide bonds. The number of hydrogen-bond donors (Lipinski definition) is 0. The molecule has 13 heteroatoms. The highest BCUT2D eigenvalue weighted by molar-refractivity contribution is 6.23. The Morgan fingerprint density at radius 1 is 1.03 bits per heavy atom. The van der Waals surface area contributed by atoms with Crippen molar-refractivity contribution >= 4 is 39.9 Å². The molecular formula is C25H17F4N4O5+. The van der Waals surface area contributed by atoms with Crippen LogP contribution in [0.15, 0.2) is 54.6 Å². The molecule has 4 unspecified atom stereocenters. The summed E-state index contributed by atoms with van der Waals surface area (Å²) >= 11 is 0. The molecule has 3 heterocycles. The number of carbonyl (C=O) groups is 3. The molecule has 3 aromatic carbocycles. The maximum atomic E-state index is 14.0. The van der Waals surface area contributed by atoms with Gasteiger partial charge in [-0.25, -0.2) is 18.6 Å². The number of fused-ring (bicyclic) bond motifs is 2. The van der Waals surface area contributed by atoms with Crippen molar-refractivity contribution in [3.63, 3.8) is 0 Å². The largest absolute Gasteiger partial charge is 0.433 e. The van der Waals surface area contributed by atoms with Crippen LogP contribution in [-0.4, -0.2) is 63.9 Å². The summed E-state index contributed by atoms with van der Waals surface area (Å²) < 4.78 is 53.1. The highest BCUT2D eigenvalue weighted by Gasteiger charge is 2.73. The van der Waals surface area contributed by atoms with Crippen LogP contribution in [0, 0.1) is 15.9 Å². The number of ketones is 1. The van der Waals surface area contributed by atoms with E-state index in [0.717, 1.165) is 11.0 Å². The second-order valence-electron chi connectivity index (χ2n) is 9.56. The first-order chi connectivity index (χ1) is 17.9. The minimum atomic E-state index is -5.03. The Morgan fingerprint density at radius 2 is 1.74 bits per heavy atom.